The zero-order valence-corrected chi connectivity index (χ0v) is 11.7. The van der Waals surface area contributed by atoms with Crippen molar-refractivity contribution in [3.8, 4) is 0 Å². The Kier molecular flexibility index (Phi) is 4.34. The highest BCUT2D eigenvalue weighted by molar-refractivity contribution is 9.12. The molecular formula is C9H6Br3NO. The summed E-state index contributed by atoms with van der Waals surface area (Å²) in [5.41, 5.74) is 0.705. The van der Waals surface area contributed by atoms with Crippen molar-refractivity contribution in [1.82, 2.24) is 0 Å². The molecule has 0 aliphatic heterocycles. The highest BCUT2D eigenvalue weighted by Crippen LogP contribution is 2.23. The molecule has 74 valence electrons. The summed E-state index contributed by atoms with van der Waals surface area (Å²) < 4.78 is 2.08. The Balaban J connectivity index is 2.87. The number of amides is 1. The van der Waals surface area contributed by atoms with Gasteiger partial charge in [-0.3, -0.25) is 4.79 Å². The summed E-state index contributed by atoms with van der Waals surface area (Å²) in [5, 5.41) is 2.68. The van der Waals surface area contributed by atoms with Gasteiger partial charge in [-0.15, -0.1) is 0 Å². The molecule has 5 heteroatoms. The first-order valence-corrected chi connectivity index (χ1v) is 5.99. The number of carbonyl (C=O) groups excluding carboxylic acids is 1. The number of hydrogen-bond acceptors (Lipinski definition) is 1. The van der Waals surface area contributed by atoms with Crippen molar-refractivity contribution >= 4 is 59.4 Å². The molecule has 0 fully saturated rings. The summed E-state index contributed by atoms with van der Waals surface area (Å²) in [4.78, 5) is 11.2. The van der Waals surface area contributed by atoms with Crippen LogP contribution in [0.3, 0.4) is 0 Å². The third-order valence-electron chi connectivity index (χ3n) is 1.37. The Morgan fingerprint density at radius 1 is 1.21 bits per heavy atom. The third kappa shape index (κ3) is 3.55. The van der Waals surface area contributed by atoms with Gasteiger partial charge in [0, 0.05) is 14.6 Å². The van der Waals surface area contributed by atoms with Gasteiger partial charge in [0.1, 0.15) is 0 Å². The van der Waals surface area contributed by atoms with E-state index in [0.717, 1.165) is 8.95 Å². The quantitative estimate of drug-likeness (QED) is 0.767. The summed E-state index contributed by atoms with van der Waals surface area (Å²) >= 11 is 9.65. The van der Waals surface area contributed by atoms with Gasteiger partial charge < -0.3 is 5.32 Å². The van der Waals surface area contributed by atoms with Crippen molar-refractivity contribution in [3.63, 3.8) is 0 Å². The first-order chi connectivity index (χ1) is 6.49. The molecular weight excluding hydrogens is 378 g/mol. The summed E-state index contributed by atoms with van der Waals surface area (Å²) in [6.07, 6.45) is 0. The molecule has 1 aromatic carbocycles. The van der Waals surface area contributed by atoms with Crippen LogP contribution in [-0.2, 0) is 4.79 Å². The first-order valence-electron chi connectivity index (χ1n) is 3.61. The van der Waals surface area contributed by atoms with Crippen molar-refractivity contribution in [1.29, 1.82) is 0 Å². The van der Waals surface area contributed by atoms with Crippen LogP contribution in [0.25, 0.3) is 0 Å². The van der Waals surface area contributed by atoms with Crippen molar-refractivity contribution in [3.05, 3.63) is 38.2 Å². The fraction of sp³-hybridized carbons (Fsp3) is 0. The van der Waals surface area contributed by atoms with Crippen LogP contribution in [-0.4, -0.2) is 5.91 Å². The van der Waals surface area contributed by atoms with E-state index in [1.54, 1.807) is 12.1 Å². The molecule has 0 spiro atoms. The molecule has 0 saturated heterocycles. The van der Waals surface area contributed by atoms with Crippen molar-refractivity contribution in [2.45, 2.75) is 0 Å². The average molecular weight is 384 g/mol. The van der Waals surface area contributed by atoms with Crippen LogP contribution in [0, 0.1) is 0 Å². The number of benzene rings is 1. The van der Waals surface area contributed by atoms with Crippen LogP contribution in [0.15, 0.2) is 38.2 Å². The predicted molar refractivity (Wildman–Crippen MR) is 68.5 cm³/mol. The molecule has 0 radical (unpaired) electrons. The standard InChI is InChI=1S/C9H6Br3NO/c1-5(10)9(14)13-8-3-6(11)2-7(12)4-8/h2-4H,1H2,(H,13,14). The topological polar surface area (TPSA) is 29.1 Å². The van der Waals surface area contributed by atoms with E-state index >= 15 is 0 Å². The van der Waals surface area contributed by atoms with Crippen molar-refractivity contribution in [2.24, 2.45) is 0 Å². The normalized spacial score (nSPS) is 9.64. The molecule has 1 aromatic rings. The molecule has 0 atom stereocenters. The van der Waals surface area contributed by atoms with Crippen LogP contribution in [0.2, 0.25) is 0 Å². The van der Waals surface area contributed by atoms with Crippen LogP contribution >= 0.6 is 47.8 Å². The number of carbonyl (C=O) groups is 1. The molecule has 14 heavy (non-hydrogen) atoms. The Morgan fingerprint density at radius 3 is 2.14 bits per heavy atom. The molecule has 1 N–H and O–H groups in total. The smallest absolute Gasteiger partial charge is 0.262 e. The lowest BCUT2D eigenvalue weighted by Gasteiger charge is -2.04. The van der Waals surface area contributed by atoms with Gasteiger partial charge in [0.25, 0.3) is 5.91 Å². The maximum Gasteiger partial charge on any atom is 0.262 e. The SMILES string of the molecule is C=C(Br)C(=O)Nc1cc(Br)cc(Br)c1. The van der Waals surface area contributed by atoms with Gasteiger partial charge >= 0.3 is 0 Å². The molecule has 1 rings (SSSR count). The molecule has 0 aliphatic rings. The van der Waals surface area contributed by atoms with Gasteiger partial charge in [0.05, 0.1) is 4.48 Å². The zero-order chi connectivity index (χ0) is 10.7. The number of anilines is 1. The van der Waals surface area contributed by atoms with Crippen LogP contribution in [0.5, 0.6) is 0 Å². The number of nitrogens with one attached hydrogen (secondary N) is 1. The number of hydrogen-bond donors (Lipinski definition) is 1. The van der Waals surface area contributed by atoms with Gasteiger partial charge in [-0.1, -0.05) is 38.4 Å². The number of rotatable bonds is 2. The maximum atomic E-state index is 11.2. The van der Waals surface area contributed by atoms with Crippen LogP contribution in [0.1, 0.15) is 0 Å². The molecule has 1 amide bonds. The van der Waals surface area contributed by atoms with E-state index in [2.05, 4.69) is 59.7 Å². The fourth-order valence-electron chi connectivity index (χ4n) is 0.825. The summed E-state index contributed by atoms with van der Waals surface area (Å²) in [6.45, 7) is 3.48. The number of halogens is 3. The van der Waals surface area contributed by atoms with E-state index in [1.165, 1.54) is 0 Å². The largest absolute Gasteiger partial charge is 0.321 e. The Morgan fingerprint density at radius 2 is 1.71 bits per heavy atom. The molecule has 0 saturated carbocycles. The van der Waals surface area contributed by atoms with Gasteiger partial charge in [0.2, 0.25) is 0 Å². The van der Waals surface area contributed by atoms with E-state index in [9.17, 15) is 4.79 Å². The summed E-state index contributed by atoms with van der Waals surface area (Å²) in [7, 11) is 0. The summed E-state index contributed by atoms with van der Waals surface area (Å²) in [5.74, 6) is -0.255. The van der Waals surface area contributed by atoms with E-state index in [0.29, 0.717) is 10.2 Å². The molecule has 0 aliphatic carbocycles. The lowest BCUT2D eigenvalue weighted by Crippen LogP contribution is -2.10. The summed E-state index contributed by atoms with van der Waals surface area (Å²) in [6, 6.07) is 5.50. The fourth-order valence-corrected chi connectivity index (χ4v) is 2.22. The molecule has 0 unspecified atom stereocenters. The predicted octanol–water partition coefficient (Wildman–Crippen LogP) is 4.06. The first kappa shape index (κ1) is 11.9. The van der Waals surface area contributed by atoms with E-state index in [4.69, 9.17) is 0 Å². The second-order valence-electron chi connectivity index (χ2n) is 2.52. The van der Waals surface area contributed by atoms with Gasteiger partial charge in [0.15, 0.2) is 0 Å². The Labute approximate surface area is 107 Å². The molecule has 0 aromatic heterocycles. The van der Waals surface area contributed by atoms with Crippen LogP contribution < -0.4 is 5.32 Å². The lowest BCUT2D eigenvalue weighted by atomic mass is 10.3. The van der Waals surface area contributed by atoms with Gasteiger partial charge in [-0.2, -0.15) is 0 Å². The monoisotopic (exact) mass is 381 g/mol. The lowest BCUT2D eigenvalue weighted by molar-refractivity contribution is -0.112. The molecule has 0 heterocycles. The zero-order valence-electron chi connectivity index (χ0n) is 6.98. The molecule has 0 bridgehead atoms. The van der Waals surface area contributed by atoms with Crippen molar-refractivity contribution < 1.29 is 4.79 Å². The minimum absolute atomic E-state index is 0.255. The Hall–Kier alpha value is -0.130. The Bertz CT molecular complexity index is 369. The second-order valence-corrected chi connectivity index (χ2v) is 5.31. The van der Waals surface area contributed by atoms with Crippen LogP contribution in [0.4, 0.5) is 5.69 Å². The third-order valence-corrected chi connectivity index (χ3v) is 2.64. The minimum atomic E-state index is -0.255. The average Bonchev–Trinajstić information content (AvgIpc) is 2.01. The highest BCUT2D eigenvalue weighted by atomic mass is 79.9. The van der Waals surface area contributed by atoms with E-state index in [-0.39, 0.29) is 5.91 Å². The molecule has 2 nitrogen and oxygen atoms in total. The van der Waals surface area contributed by atoms with E-state index in [1.807, 2.05) is 6.07 Å². The minimum Gasteiger partial charge on any atom is -0.321 e. The van der Waals surface area contributed by atoms with Gasteiger partial charge in [-0.05, 0) is 34.1 Å². The highest BCUT2D eigenvalue weighted by Gasteiger charge is 2.04. The second kappa shape index (κ2) is 5.09. The van der Waals surface area contributed by atoms with Gasteiger partial charge in [-0.25, -0.2) is 0 Å². The maximum absolute atomic E-state index is 11.2. The van der Waals surface area contributed by atoms with E-state index < -0.39 is 0 Å². The van der Waals surface area contributed by atoms with Crippen molar-refractivity contribution in [2.75, 3.05) is 5.32 Å².